The number of halogens is 1. The standard InChI is InChI=1S/C13H17ClN2O3S/c14-12-4-2-1-3-11(12)8-16-13(17)15-7-10-5-6-20(18,19)9-10/h1-4,10H,5-9H2,(H2,15,16,17)/t10-/m0/s1. The van der Waals surface area contributed by atoms with Crippen molar-refractivity contribution in [3.8, 4) is 0 Å². The van der Waals surface area contributed by atoms with Crippen molar-refractivity contribution in [1.29, 1.82) is 0 Å². The molecule has 1 aliphatic rings. The molecular weight excluding hydrogens is 300 g/mol. The van der Waals surface area contributed by atoms with Gasteiger partial charge in [0.2, 0.25) is 0 Å². The highest BCUT2D eigenvalue weighted by Gasteiger charge is 2.27. The molecule has 0 unspecified atom stereocenters. The van der Waals surface area contributed by atoms with Crippen LogP contribution in [0.3, 0.4) is 0 Å². The third kappa shape index (κ3) is 4.38. The second kappa shape index (κ2) is 6.45. The lowest BCUT2D eigenvalue weighted by molar-refractivity contribution is 0.239. The van der Waals surface area contributed by atoms with Crippen molar-refractivity contribution in [3.05, 3.63) is 34.9 Å². The van der Waals surface area contributed by atoms with Crippen molar-refractivity contribution < 1.29 is 13.2 Å². The SMILES string of the molecule is O=C(NCc1ccccc1Cl)NC[C@@H]1CCS(=O)(=O)C1. The van der Waals surface area contributed by atoms with Gasteiger partial charge in [0.05, 0.1) is 11.5 Å². The topological polar surface area (TPSA) is 75.3 Å². The molecular formula is C13H17ClN2O3S. The van der Waals surface area contributed by atoms with E-state index >= 15 is 0 Å². The van der Waals surface area contributed by atoms with E-state index in [1.54, 1.807) is 6.07 Å². The average Bonchev–Trinajstić information content (AvgIpc) is 2.75. The van der Waals surface area contributed by atoms with Gasteiger partial charge >= 0.3 is 6.03 Å². The van der Waals surface area contributed by atoms with Crippen molar-refractivity contribution in [2.75, 3.05) is 18.1 Å². The molecule has 0 saturated carbocycles. The van der Waals surface area contributed by atoms with Crippen LogP contribution in [0.4, 0.5) is 4.79 Å². The van der Waals surface area contributed by atoms with Crippen molar-refractivity contribution in [3.63, 3.8) is 0 Å². The summed E-state index contributed by atoms with van der Waals surface area (Å²) in [5, 5.41) is 6.00. The maximum absolute atomic E-state index is 11.6. The maximum Gasteiger partial charge on any atom is 0.315 e. The first-order valence-corrected chi connectivity index (χ1v) is 8.62. The van der Waals surface area contributed by atoms with Gasteiger partial charge < -0.3 is 10.6 Å². The summed E-state index contributed by atoms with van der Waals surface area (Å²) in [5.41, 5.74) is 0.841. The number of urea groups is 1. The minimum Gasteiger partial charge on any atom is -0.338 e. The molecule has 0 spiro atoms. The van der Waals surface area contributed by atoms with E-state index in [0.29, 0.717) is 24.5 Å². The minimum absolute atomic E-state index is 0.0195. The first kappa shape index (κ1) is 15.1. The van der Waals surface area contributed by atoms with Crippen LogP contribution in [0.2, 0.25) is 5.02 Å². The van der Waals surface area contributed by atoms with Gasteiger partial charge in [0.25, 0.3) is 0 Å². The molecule has 2 N–H and O–H groups in total. The van der Waals surface area contributed by atoms with Gasteiger partial charge in [0.1, 0.15) is 0 Å². The highest BCUT2D eigenvalue weighted by molar-refractivity contribution is 7.91. The Balaban J connectivity index is 1.73. The molecule has 1 aliphatic heterocycles. The Morgan fingerprint density at radius 2 is 2.05 bits per heavy atom. The first-order chi connectivity index (χ1) is 9.46. The van der Waals surface area contributed by atoms with E-state index in [4.69, 9.17) is 11.6 Å². The monoisotopic (exact) mass is 316 g/mol. The number of rotatable bonds is 4. The predicted octanol–water partition coefficient (Wildman–Crippen LogP) is 1.57. The van der Waals surface area contributed by atoms with E-state index in [9.17, 15) is 13.2 Å². The number of sulfone groups is 1. The Hall–Kier alpha value is -1.27. The van der Waals surface area contributed by atoms with Gasteiger partial charge in [-0.3, -0.25) is 0 Å². The van der Waals surface area contributed by atoms with Crippen LogP contribution in [0, 0.1) is 5.92 Å². The lowest BCUT2D eigenvalue weighted by Crippen LogP contribution is -2.38. The summed E-state index contributed by atoms with van der Waals surface area (Å²) in [6.45, 7) is 0.724. The normalized spacial score (nSPS) is 20.6. The summed E-state index contributed by atoms with van der Waals surface area (Å²) < 4.78 is 22.6. The summed E-state index contributed by atoms with van der Waals surface area (Å²) in [5.74, 6) is 0.407. The quantitative estimate of drug-likeness (QED) is 0.885. The molecule has 0 bridgehead atoms. The highest BCUT2D eigenvalue weighted by atomic mass is 35.5. The molecule has 0 aliphatic carbocycles. The van der Waals surface area contributed by atoms with Crippen molar-refractivity contribution in [1.82, 2.24) is 10.6 Å². The van der Waals surface area contributed by atoms with Gasteiger partial charge in [-0.2, -0.15) is 0 Å². The molecule has 1 aromatic carbocycles. The van der Waals surface area contributed by atoms with E-state index in [-0.39, 0.29) is 23.5 Å². The van der Waals surface area contributed by atoms with Crippen LogP contribution in [0.5, 0.6) is 0 Å². The van der Waals surface area contributed by atoms with Crippen LogP contribution in [0.15, 0.2) is 24.3 Å². The Bertz CT molecular complexity index is 589. The Labute approximate surface area is 123 Å². The van der Waals surface area contributed by atoms with Gasteiger partial charge in [0.15, 0.2) is 9.84 Å². The zero-order valence-corrected chi connectivity index (χ0v) is 12.5. The Kier molecular flexibility index (Phi) is 4.88. The summed E-state index contributed by atoms with van der Waals surface area (Å²) >= 11 is 5.98. The van der Waals surface area contributed by atoms with Crippen LogP contribution in [0.25, 0.3) is 0 Å². The van der Waals surface area contributed by atoms with E-state index in [0.717, 1.165) is 5.56 Å². The lowest BCUT2D eigenvalue weighted by atomic mass is 10.1. The molecule has 1 saturated heterocycles. The zero-order valence-electron chi connectivity index (χ0n) is 10.9. The van der Waals surface area contributed by atoms with E-state index in [1.165, 1.54) is 0 Å². The van der Waals surface area contributed by atoms with E-state index in [2.05, 4.69) is 10.6 Å². The van der Waals surface area contributed by atoms with Gasteiger partial charge in [-0.1, -0.05) is 29.8 Å². The number of carbonyl (C=O) groups is 1. The van der Waals surface area contributed by atoms with Crippen LogP contribution < -0.4 is 10.6 Å². The van der Waals surface area contributed by atoms with Crippen molar-refractivity contribution in [2.24, 2.45) is 5.92 Å². The third-order valence-electron chi connectivity index (χ3n) is 3.28. The third-order valence-corrected chi connectivity index (χ3v) is 5.48. The molecule has 1 fully saturated rings. The smallest absolute Gasteiger partial charge is 0.315 e. The largest absolute Gasteiger partial charge is 0.338 e. The summed E-state index contributed by atoms with van der Waals surface area (Å²) in [6, 6.07) is 6.97. The van der Waals surface area contributed by atoms with Gasteiger partial charge in [-0.15, -0.1) is 0 Å². The molecule has 1 atom stereocenters. The zero-order chi connectivity index (χ0) is 14.6. The predicted molar refractivity (Wildman–Crippen MR) is 78.5 cm³/mol. The molecule has 1 aromatic rings. The Morgan fingerprint density at radius 3 is 2.70 bits per heavy atom. The number of hydrogen-bond acceptors (Lipinski definition) is 3. The maximum atomic E-state index is 11.6. The molecule has 1 heterocycles. The molecule has 2 amide bonds. The minimum atomic E-state index is -2.89. The highest BCUT2D eigenvalue weighted by Crippen LogP contribution is 2.17. The molecule has 7 heteroatoms. The van der Waals surface area contributed by atoms with Gasteiger partial charge in [0, 0.05) is 18.1 Å². The average molecular weight is 317 g/mol. The fraction of sp³-hybridized carbons (Fsp3) is 0.462. The molecule has 110 valence electrons. The molecule has 2 rings (SSSR count). The van der Waals surface area contributed by atoms with Crippen molar-refractivity contribution >= 4 is 27.5 Å². The first-order valence-electron chi connectivity index (χ1n) is 6.42. The summed E-state index contributed by atoms with van der Waals surface area (Å²) in [6.07, 6.45) is 0.618. The second-order valence-electron chi connectivity index (χ2n) is 4.92. The molecule has 20 heavy (non-hydrogen) atoms. The number of hydrogen-bond donors (Lipinski definition) is 2. The van der Waals surface area contributed by atoms with Gasteiger partial charge in [-0.25, -0.2) is 13.2 Å². The number of benzene rings is 1. The summed E-state index contributed by atoms with van der Waals surface area (Å²) in [4.78, 5) is 11.6. The molecule has 0 aromatic heterocycles. The number of nitrogens with one attached hydrogen (secondary N) is 2. The molecule has 5 nitrogen and oxygen atoms in total. The number of carbonyl (C=O) groups excluding carboxylic acids is 1. The molecule has 0 radical (unpaired) electrons. The van der Waals surface area contributed by atoms with E-state index in [1.807, 2.05) is 18.2 Å². The fourth-order valence-corrected chi connectivity index (χ4v) is 4.21. The van der Waals surface area contributed by atoms with Crippen LogP contribution >= 0.6 is 11.6 Å². The van der Waals surface area contributed by atoms with E-state index < -0.39 is 9.84 Å². The van der Waals surface area contributed by atoms with Gasteiger partial charge in [-0.05, 0) is 24.0 Å². The number of amides is 2. The van der Waals surface area contributed by atoms with Crippen LogP contribution in [-0.2, 0) is 16.4 Å². The van der Waals surface area contributed by atoms with Crippen LogP contribution in [0.1, 0.15) is 12.0 Å². The lowest BCUT2D eigenvalue weighted by Gasteiger charge is -2.11. The second-order valence-corrected chi connectivity index (χ2v) is 7.56. The Morgan fingerprint density at radius 1 is 1.30 bits per heavy atom. The van der Waals surface area contributed by atoms with Crippen molar-refractivity contribution in [2.45, 2.75) is 13.0 Å². The summed E-state index contributed by atoms with van der Waals surface area (Å²) in [7, 11) is -2.89. The van der Waals surface area contributed by atoms with Crippen LogP contribution in [-0.4, -0.2) is 32.5 Å². The fourth-order valence-electron chi connectivity index (χ4n) is 2.15.